The molecule has 0 bridgehead atoms. The molecule has 2 heterocycles. The normalized spacial score (nSPS) is 18.8. The molecule has 6 nitrogen and oxygen atoms in total. The van der Waals surface area contributed by atoms with E-state index in [9.17, 15) is 9.59 Å². The summed E-state index contributed by atoms with van der Waals surface area (Å²) in [5, 5.41) is 2.85. The molecule has 2 N–H and O–H groups in total. The summed E-state index contributed by atoms with van der Waals surface area (Å²) in [5.74, 6) is 0.393. The standard InChI is InChI=1S/C19H22N2O4S/c1-10-8-16(26-4)14(19(23)21-10)9-20-18(22)13-6-5-7-15-17(13)11(2)24-12(3)25-15/h5-8,11-12H,9H2,1-4H3,(H,20,22)(H,21,23). The number of ether oxygens (including phenoxy) is 2. The molecular formula is C19H22N2O4S. The molecule has 7 heteroatoms. The highest BCUT2D eigenvalue weighted by molar-refractivity contribution is 7.98. The van der Waals surface area contributed by atoms with Gasteiger partial charge >= 0.3 is 0 Å². The first kappa shape index (κ1) is 18.5. The first-order chi connectivity index (χ1) is 12.4. The van der Waals surface area contributed by atoms with E-state index in [-0.39, 0.29) is 30.4 Å². The van der Waals surface area contributed by atoms with Gasteiger partial charge in [0.2, 0.25) is 0 Å². The highest BCUT2D eigenvalue weighted by atomic mass is 32.2. The Labute approximate surface area is 156 Å². The summed E-state index contributed by atoms with van der Waals surface area (Å²) < 4.78 is 11.3. The number of amides is 1. The zero-order valence-electron chi connectivity index (χ0n) is 15.2. The average molecular weight is 374 g/mol. The third kappa shape index (κ3) is 3.64. The van der Waals surface area contributed by atoms with E-state index < -0.39 is 0 Å². The Kier molecular flexibility index (Phi) is 5.38. The molecule has 1 aliphatic heterocycles. The van der Waals surface area contributed by atoms with Crippen molar-refractivity contribution >= 4 is 17.7 Å². The number of aromatic nitrogens is 1. The molecule has 2 unspecified atom stereocenters. The fourth-order valence-electron chi connectivity index (χ4n) is 3.13. The maximum Gasteiger partial charge on any atom is 0.254 e. The number of carbonyl (C=O) groups excluding carboxylic acids is 1. The van der Waals surface area contributed by atoms with Crippen LogP contribution in [-0.4, -0.2) is 23.4 Å². The van der Waals surface area contributed by atoms with E-state index in [1.807, 2.05) is 39.2 Å². The molecule has 1 amide bonds. The molecule has 2 atom stereocenters. The summed E-state index contributed by atoms with van der Waals surface area (Å²) in [6.07, 6.45) is 1.30. The van der Waals surface area contributed by atoms with Crippen molar-refractivity contribution in [2.75, 3.05) is 6.26 Å². The summed E-state index contributed by atoms with van der Waals surface area (Å²) in [4.78, 5) is 28.6. The highest BCUT2D eigenvalue weighted by Crippen LogP contribution is 2.36. The Hall–Kier alpha value is -2.25. The smallest absolute Gasteiger partial charge is 0.254 e. The van der Waals surface area contributed by atoms with Crippen LogP contribution >= 0.6 is 11.8 Å². The van der Waals surface area contributed by atoms with E-state index in [2.05, 4.69) is 10.3 Å². The van der Waals surface area contributed by atoms with Crippen molar-refractivity contribution in [3.8, 4) is 5.75 Å². The van der Waals surface area contributed by atoms with Crippen molar-refractivity contribution in [3.05, 3.63) is 57.0 Å². The SMILES string of the molecule is CSc1cc(C)[nH]c(=O)c1CNC(=O)c1cccc2c1C(C)OC(C)O2. The van der Waals surface area contributed by atoms with Crippen molar-refractivity contribution < 1.29 is 14.3 Å². The fourth-order valence-corrected chi connectivity index (χ4v) is 3.83. The predicted molar refractivity (Wildman–Crippen MR) is 101 cm³/mol. The summed E-state index contributed by atoms with van der Waals surface area (Å²) in [7, 11) is 0. The van der Waals surface area contributed by atoms with E-state index in [0.717, 1.165) is 16.2 Å². The summed E-state index contributed by atoms with van der Waals surface area (Å²) in [6.45, 7) is 5.70. The topological polar surface area (TPSA) is 80.4 Å². The van der Waals surface area contributed by atoms with Crippen LogP contribution in [0.1, 0.15) is 47.1 Å². The lowest BCUT2D eigenvalue weighted by Gasteiger charge is -2.30. The van der Waals surface area contributed by atoms with E-state index in [1.165, 1.54) is 11.8 Å². The number of benzene rings is 1. The van der Waals surface area contributed by atoms with Gasteiger partial charge in [0.1, 0.15) is 5.75 Å². The molecule has 0 spiro atoms. The lowest BCUT2D eigenvalue weighted by Crippen LogP contribution is -2.31. The van der Waals surface area contributed by atoms with E-state index >= 15 is 0 Å². The van der Waals surface area contributed by atoms with Gasteiger partial charge in [-0.2, -0.15) is 0 Å². The van der Waals surface area contributed by atoms with Gasteiger partial charge in [0.15, 0.2) is 6.29 Å². The minimum absolute atomic E-state index is 0.154. The number of aromatic amines is 1. The lowest BCUT2D eigenvalue weighted by molar-refractivity contribution is -0.123. The van der Waals surface area contributed by atoms with Crippen LogP contribution in [0.2, 0.25) is 0 Å². The molecule has 26 heavy (non-hydrogen) atoms. The van der Waals surface area contributed by atoms with Crippen LogP contribution in [0, 0.1) is 6.92 Å². The van der Waals surface area contributed by atoms with Gasteiger partial charge in [0, 0.05) is 33.8 Å². The Bertz CT molecular complexity index is 894. The maximum absolute atomic E-state index is 12.8. The van der Waals surface area contributed by atoms with Crippen molar-refractivity contribution in [3.63, 3.8) is 0 Å². The van der Waals surface area contributed by atoms with Crippen LogP contribution in [-0.2, 0) is 11.3 Å². The number of carbonyl (C=O) groups is 1. The minimum Gasteiger partial charge on any atom is -0.465 e. The van der Waals surface area contributed by atoms with E-state index in [0.29, 0.717) is 16.9 Å². The first-order valence-corrected chi connectivity index (χ1v) is 9.63. The van der Waals surface area contributed by atoms with Gasteiger partial charge in [0.25, 0.3) is 11.5 Å². The molecule has 0 saturated heterocycles. The largest absolute Gasteiger partial charge is 0.465 e. The summed E-state index contributed by atoms with van der Waals surface area (Å²) in [5.41, 5.74) is 2.39. The zero-order chi connectivity index (χ0) is 18.8. The van der Waals surface area contributed by atoms with E-state index in [4.69, 9.17) is 9.47 Å². The second-order valence-corrected chi connectivity index (χ2v) is 7.04. The highest BCUT2D eigenvalue weighted by Gasteiger charge is 2.28. The van der Waals surface area contributed by atoms with Crippen LogP contribution < -0.4 is 15.6 Å². The van der Waals surface area contributed by atoms with Gasteiger partial charge < -0.3 is 19.8 Å². The number of rotatable bonds is 4. The number of aryl methyl sites for hydroxylation is 1. The minimum atomic E-state index is -0.355. The molecular weight excluding hydrogens is 352 g/mol. The summed E-state index contributed by atoms with van der Waals surface area (Å²) in [6, 6.07) is 7.26. The molecule has 1 aromatic heterocycles. The monoisotopic (exact) mass is 374 g/mol. The van der Waals surface area contributed by atoms with Crippen LogP contribution in [0.4, 0.5) is 0 Å². The molecule has 1 aromatic carbocycles. The number of thioether (sulfide) groups is 1. The predicted octanol–water partition coefficient (Wildman–Crippen LogP) is 3.15. The fraction of sp³-hybridized carbons (Fsp3) is 0.368. The van der Waals surface area contributed by atoms with Crippen molar-refractivity contribution in [1.82, 2.24) is 10.3 Å². The quantitative estimate of drug-likeness (QED) is 0.804. The third-order valence-corrected chi connectivity index (χ3v) is 5.09. The molecule has 138 valence electrons. The molecule has 3 rings (SSSR count). The molecule has 1 aliphatic rings. The first-order valence-electron chi connectivity index (χ1n) is 8.40. The Morgan fingerprint density at radius 1 is 1.35 bits per heavy atom. The second-order valence-electron chi connectivity index (χ2n) is 6.19. The maximum atomic E-state index is 12.8. The lowest BCUT2D eigenvalue weighted by atomic mass is 10.00. The number of H-pyrrole nitrogens is 1. The average Bonchev–Trinajstić information content (AvgIpc) is 2.59. The number of fused-ring (bicyclic) bond motifs is 1. The Balaban J connectivity index is 1.85. The van der Waals surface area contributed by atoms with Crippen molar-refractivity contribution in [2.45, 2.75) is 44.6 Å². The molecule has 0 saturated carbocycles. The van der Waals surface area contributed by atoms with Crippen molar-refractivity contribution in [2.24, 2.45) is 0 Å². The van der Waals surface area contributed by atoms with Gasteiger partial charge in [-0.3, -0.25) is 9.59 Å². The van der Waals surface area contributed by atoms with Crippen LogP contribution in [0.15, 0.2) is 34.0 Å². The third-order valence-electron chi connectivity index (χ3n) is 4.28. The van der Waals surface area contributed by atoms with Crippen LogP contribution in [0.25, 0.3) is 0 Å². The molecule has 0 aliphatic carbocycles. The van der Waals surface area contributed by atoms with Crippen molar-refractivity contribution in [1.29, 1.82) is 0 Å². The van der Waals surface area contributed by atoms with Gasteiger partial charge in [-0.1, -0.05) is 6.07 Å². The Morgan fingerprint density at radius 3 is 2.85 bits per heavy atom. The van der Waals surface area contributed by atoms with Crippen LogP contribution in [0.3, 0.4) is 0 Å². The Morgan fingerprint density at radius 2 is 2.12 bits per heavy atom. The molecule has 2 aromatic rings. The number of pyridine rings is 1. The van der Waals surface area contributed by atoms with Crippen LogP contribution in [0.5, 0.6) is 5.75 Å². The van der Waals surface area contributed by atoms with Gasteiger partial charge in [0.05, 0.1) is 6.10 Å². The number of hydrogen-bond acceptors (Lipinski definition) is 5. The number of hydrogen-bond donors (Lipinski definition) is 2. The molecule has 0 radical (unpaired) electrons. The van der Waals surface area contributed by atoms with Gasteiger partial charge in [-0.15, -0.1) is 11.8 Å². The summed E-state index contributed by atoms with van der Waals surface area (Å²) >= 11 is 1.48. The zero-order valence-corrected chi connectivity index (χ0v) is 16.0. The second kappa shape index (κ2) is 7.55. The van der Waals surface area contributed by atoms with Gasteiger partial charge in [-0.05, 0) is 45.2 Å². The molecule has 0 fully saturated rings. The van der Waals surface area contributed by atoms with Gasteiger partial charge in [-0.25, -0.2) is 0 Å². The van der Waals surface area contributed by atoms with E-state index in [1.54, 1.807) is 12.1 Å². The number of nitrogens with one attached hydrogen (secondary N) is 2.